The highest BCUT2D eigenvalue weighted by Gasteiger charge is 2.39. The molecule has 258 valence electrons. The SMILES string of the molecule is C[C@@H]1[C@H](CN2CCN(Cc3ccccc3)CC2)O[C@H](c2ccc(NC(=O)c3c(F)c(F)c(F)c(F)c3F)cc2)O[C@@H]1c1ccc(CO)cc1. The minimum absolute atomic E-state index is 0.0431. The molecule has 2 saturated heterocycles. The summed E-state index contributed by atoms with van der Waals surface area (Å²) in [6, 6.07) is 23.9. The summed E-state index contributed by atoms with van der Waals surface area (Å²) < 4.78 is 82.2. The Kier molecular flexibility index (Phi) is 10.7. The summed E-state index contributed by atoms with van der Waals surface area (Å²) in [5, 5.41) is 11.7. The van der Waals surface area contributed by atoms with Gasteiger partial charge in [-0.05, 0) is 28.8 Å². The molecular formula is C37H36F5N3O4. The van der Waals surface area contributed by atoms with E-state index in [2.05, 4.69) is 34.2 Å². The van der Waals surface area contributed by atoms with Crippen molar-refractivity contribution >= 4 is 11.6 Å². The summed E-state index contributed by atoms with van der Waals surface area (Å²) in [5.74, 6) is -12.7. The number of carbonyl (C=O) groups is 1. The van der Waals surface area contributed by atoms with Crippen LogP contribution >= 0.6 is 0 Å². The monoisotopic (exact) mass is 681 g/mol. The summed E-state index contributed by atoms with van der Waals surface area (Å²) in [6.07, 6.45) is -1.40. The van der Waals surface area contributed by atoms with Crippen LogP contribution in [0, 0.1) is 35.0 Å². The third-order valence-corrected chi connectivity index (χ3v) is 9.15. The molecule has 2 N–H and O–H groups in total. The summed E-state index contributed by atoms with van der Waals surface area (Å²) in [4.78, 5) is 17.4. The largest absolute Gasteiger partial charge is 0.392 e. The Morgan fingerprint density at radius 3 is 1.92 bits per heavy atom. The van der Waals surface area contributed by atoms with Crippen LogP contribution in [0.15, 0.2) is 78.9 Å². The number of piperazine rings is 1. The van der Waals surface area contributed by atoms with Crippen LogP contribution in [0.5, 0.6) is 0 Å². The van der Waals surface area contributed by atoms with Gasteiger partial charge in [0.15, 0.2) is 29.6 Å². The number of carbonyl (C=O) groups excluding carboxylic acids is 1. The second-order valence-corrected chi connectivity index (χ2v) is 12.4. The van der Waals surface area contributed by atoms with E-state index in [0.717, 1.165) is 43.9 Å². The Labute approximate surface area is 280 Å². The highest BCUT2D eigenvalue weighted by molar-refractivity contribution is 6.04. The lowest BCUT2D eigenvalue weighted by molar-refractivity contribution is -0.276. The maximum Gasteiger partial charge on any atom is 0.261 e. The molecule has 2 fully saturated rings. The topological polar surface area (TPSA) is 74.3 Å². The maximum absolute atomic E-state index is 14.2. The smallest absolute Gasteiger partial charge is 0.261 e. The Morgan fingerprint density at radius 2 is 1.31 bits per heavy atom. The molecular weight excluding hydrogens is 645 g/mol. The van der Waals surface area contributed by atoms with E-state index in [9.17, 15) is 31.9 Å². The van der Waals surface area contributed by atoms with Crippen LogP contribution < -0.4 is 5.32 Å². The number of aliphatic hydroxyl groups is 1. The van der Waals surface area contributed by atoms with Crippen LogP contribution in [0.4, 0.5) is 27.6 Å². The molecule has 0 bridgehead atoms. The minimum atomic E-state index is -2.34. The molecule has 4 atom stereocenters. The molecule has 0 spiro atoms. The van der Waals surface area contributed by atoms with Gasteiger partial charge in [0, 0.05) is 56.4 Å². The van der Waals surface area contributed by atoms with Gasteiger partial charge in [-0.3, -0.25) is 14.6 Å². The summed E-state index contributed by atoms with van der Waals surface area (Å²) in [6.45, 7) is 7.14. The van der Waals surface area contributed by atoms with Crippen molar-refractivity contribution in [1.82, 2.24) is 9.80 Å². The van der Waals surface area contributed by atoms with Crippen molar-refractivity contribution in [3.8, 4) is 0 Å². The van der Waals surface area contributed by atoms with Crippen LogP contribution in [-0.2, 0) is 22.6 Å². The molecule has 1 amide bonds. The number of hydrogen-bond donors (Lipinski definition) is 2. The predicted octanol–water partition coefficient (Wildman–Crippen LogP) is 6.74. The fourth-order valence-electron chi connectivity index (χ4n) is 6.28. The van der Waals surface area contributed by atoms with E-state index in [1.807, 2.05) is 42.5 Å². The second-order valence-electron chi connectivity index (χ2n) is 12.4. The van der Waals surface area contributed by atoms with E-state index < -0.39 is 46.8 Å². The number of benzene rings is 4. The lowest BCUT2D eigenvalue weighted by Gasteiger charge is -2.44. The Morgan fingerprint density at radius 1 is 0.735 bits per heavy atom. The first-order valence-corrected chi connectivity index (χ1v) is 16.0. The molecule has 2 aliphatic heterocycles. The maximum atomic E-state index is 14.2. The van der Waals surface area contributed by atoms with Gasteiger partial charge in [-0.1, -0.05) is 73.7 Å². The number of hydrogen-bond acceptors (Lipinski definition) is 6. The predicted molar refractivity (Wildman–Crippen MR) is 172 cm³/mol. The van der Waals surface area contributed by atoms with E-state index in [1.165, 1.54) is 17.7 Å². The van der Waals surface area contributed by atoms with Gasteiger partial charge in [0.2, 0.25) is 5.82 Å². The number of ether oxygens (including phenoxy) is 2. The van der Waals surface area contributed by atoms with Gasteiger partial charge in [0.05, 0.1) is 18.8 Å². The third kappa shape index (κ3) is 7.68. The average molecular weight is 682 g/mol. The Balaban J connectivity index is 1.17. The van der Waals surface area contributed by atoms with Crippen LogP contribution in [0.25, 0.3) is 0 Å². The van der Waals surface area contributed by atoms with Crippen molar-refractivity contribution in [3.05, 3.63) is 136 Å². The van der Waals surface area contributed by atoms with Gasteiger partial charge < -0.3 is 19.9 Å². The fraction of sp³-hybridized carbons (Fsp3) is 0.324. The number of amides is 1. The third-order valence-electron chi connectivity index (χ3n) is 9.15. The van der Waals surface area contributed by atoms with Crippen LogP contribution in [-0.4, -0.2) is 59.6 Å². The molecule has 4 aromatic rings. The van der Waals surface area contributed by atoms with E-state index in [0.29, 0.717) is 12.1 Å². The molecule has 2 aliphatic rings. The first-order chi connectivity index (χ1) is 23.6. The molecule has 0 radical (unpaired) electrons. The van der Waals surface area contributed by atoms with E-state index in [4.69, 9.17) is 9.47 Å². The molecule has 49 heavy (non-hydrogen) atoms. The number of anilines is 1. The van der Waals surface area contributed by atoms with Crippen LogP contribution in [0.3, 0.4) is 0 Å². The normalized spacial score (nSPS) is 21.9. The van der Waals surface area contributed by atoms with Gasteiger partial charge in [-0.2, -0.15) is 0 Å². The molecule has 0 aliphatic carbocycles. The Bertz CT molecular complexity index is 1720. The molecule has 12 heteroatoms. The van der Waals surface area contributed by atoms with Gasteiger partial charge in [-0.25, -0.2) is 22.0 Å². The van der Waals surface area contributed by atoms with Gasteiger partial charge in [0.25, 0.3) is 5.91 Å². The molecule has 2 heterocycles. The van der Waals surface area contributed by atoms with Gasteiger partial charge >= 0.3 is 0 Å². The van der Waals surface area contributed by atoms with Gasteiger partial charge in [0.1, 0.15) is 5.56 Å². The van der Waals surface area contributed by atoms with Crippen molar-refractivity contribution in [2.24, 2.45) is 5.92 Å². The van der Waals surface area contributed by atoms with Crippen molar-refractivity contribution in [2.45, 2.75) is 38.6 Å². The first kappa shape index (κ1) is 34.7. The quantitative estimate of drug-likeness (QED) is 0.116. The zero-order valence-electron chi connectivity index (χ0n) is 26.7. The number of rotatable bonds is 9. The number of nitrogens with zero attached hydrogens (tertiary/aromatic N) is 2. The average Bonchev–Trinajstić information content (AvgIpc) is 3.12. The second kappa shape index (κ2) is 15.1. The van der Waals surface area contributed by atoms with E-state index >= 15 is 0 Å². The lowest BCUT2D eigenvalue weighted by atomic mass is 9.90. The fourth-order valence-corrected chi connectivity index (χ4v) is 6.28. The van der Waals surface area contributed by atoms with Crippen molar-refractivity contribution in [2.75, 3.05) is 38.0 Å². The molecule has 0 aromatic heterocycles. The lowest BCUT2D eigenvalue weighted by Crippen LogP contribution is -2.51. The standard InChI is InChI=1S/C37H36F5N3O4/c1-22-28(20-45-17-15-44(16-18-45)19-23-5-3-2-4-6-23)48-37(49-35(22)25-9-7-24(21-46)8-10-25)26-11-13-27(14-12-26)43-36(47)29-30(38)32(40)34(42)33(41)31(29)39/h2-14,22,28,35,37,46H,15-21H2,1H3,(H,43,47)/t22-,28+,35+,37+/m1/s1. The van der Waals surface area contributed by atoms with Crippen molar-refractivity contribution < 1.29 is 41.3 Å². The highest BCUT2D eigenvalue weighted by Crippen LogP contribution is 2.42. The van der Waals surface area contributed by atoms with Crippen LogP contribution in [0.2, 0.25) is 0 Å². The zero-order chi connectivity index (χ0) is 34.7. The molecule has 6 rings (SSSR count). The molecule has 0 unspecified atom stereocenters. The first-order valence-electron chi connectivity index (χ1n) is 16.0. The highest BCUT2D eigenvalue weighted by atomic mass is 19.2. The molecule has 7 nitrogen and oxygen atoms in total. The van der Waals surface area contributed by atoms with Crippen molar-refractivity contribution in [3.63, 3.8) is 0 Å². The molecule has 4 aromatic carbocycles. The number of aliphatic hydroxyl groups excluding tert-OH is 1. The number of halogens is 5. The van der Waals surface area contributed by atoms with Gasteiger partial charge in [-0.15, -0.1) is 0 Å². The molecule has 0 saturated carbocycles. The van der Waals surface area contributed by atoms with E-state index in [-0.39, 0.29) is 30.4 Å². The minimum Gasteiger partial charge on any atom is -0.392 e. The Hall–Kier alpha value is -4.20. The number of nitrogens with one attached hydrogen (secondary N) is 1. The summed E-state index contributed by atoms with van der Waals surface area (Å²) in [7, 11) is 0. The van der Waals surface area contributed by atoms with Crippen molar-refractivity contribution in [1.29, 1.82) is 0 Å². The summed E-state index contributed by atoms with van der Waals surface area (Å²) >= 11 is 0. The van der Waals surface area contributed by atoms with E-state index in [1.54, 1.807) is 12.1 Å². The summed E-state index contributed by atoms with van der Waals surface area (Å²) in [5.41, 5.74) is 2.04. The zero-order valence-corrected chi connectivity index (χ0v) is 26.7. The van der Waals surface area contributed by atoms with Crippen LogP contribution in [0.1, 0.15) is 51.9 Å².